The lowest BCUT2D eigenvalue weighted by Gasteiger charge is -2.36. The summed E-state index contributed by atoms with van der Waals surface area (Å²) in [6, 6.07) is 13.9. The molecule has 8 nitrogen and oxygen atoms in total. The smallest absolute Gasteiger partial charge is 0.273 e. The first-order chi connectivity index (χ1) is 16.0. The molecule has 0 saturated carbocycles. The highest BCUT2D eigenvalue weighted by Gasteiger charge is 2.28. The van der Waals surface area contributed by atoms with Crippen molar-refractivity contribution in [3.63, 3.8) is 0 Å². The molecule has 33 heavy (non-hydrogen) atoms. The topological polar surface area (TPSA) is 101 Å². The summed E-state index contributed by atoms with van der Waals surface area (Å²) >= 11 is 0.913. The Labute approximate surface area is 194 Å². The van der Waals surface area contributed by atoms with E-state index in [-0.39, 0.29) is 34.5 Å². The SMILES string of the molecule is COc1cccc(CNC(=O)c2nsc(C(=O)N3CCN(c4ccccc4F)CC3)c2N)c1. The molecule has 172 valence electrons. The molecule has 0 radical (unpaired) electrons. The summed E-state index contributed by atoms with van der Waals surface area (Å²) in [7, 11) is 1.58. The fourth-order valence-corrected chi connectivity index (χ4v) is 4.43. The van der Waals surface area contributed by atoms with Crippen molar-refractivity contribution in [2.24, 2.45) is 0 Å². The van der Waals surface area contributed by atoms with E-state index in [9.17, 15) is 14.0 Å². The third kappa shape index (κ3) is 4.90. The van der Waals surface area contributed by atoms with Crippen LogP contribution < -0.4 is 20.7 Å². The number of amides is 2. The van der Waals surface area contributed by atoms with Crippen molar-refractivity contribution in [3.8, 4) is 5.75 Å². The molecule has 1 fully saturated rings. The lowest BCUT2D eigenvalue weighted by molar-refractivity contribution is 0.0752. The number of nitrogens with zero attached hydrogens (tertiary/aromatic N) is 3. The minimum Gasteiger partial charge on any atom is -0.497 e. The second-order valence-electron chi connectivity index (χ2n) is 7.54. The van der Waals surface area contributed by atoms with E-state index in [1.54, 1.807) is 30.2 Å². The minimum atomic E-state index is -0.449. The average Bonchev–Trinajstić information content (AvgIpc) is 3.24. The summed E-state index contributed by atoms with van der Waals surface area (Å²) < 4.78 is 23.4. The Bertz CT molecular complexity index is 1160. The zero-order valence-corrected chi connectivity index (χ0v) is 18.9. The highest BCUT2D eigenvalue weighted by molar-refractivity contribution is 7.09. The second-order valence-corrected chi connectivity index (χ2v) is 8.31. The van der Waals surface area contributed by atoms with Crippen LogP contribution >= 0.6 is 11.5 Å². The maximum Gasteiger partial charge on any atom is 0.273 e. The van der Waals surface area contributed by atoms with Gasteiger partial charge in [-0.05, 0) is 41.4 Å². The minimum absolute atomic E-state index is 0.0382. The number of benzene rings is 2. The third-order valence-electron chi connectivity index (χ3n) is 5.48. The molecule has 2 aromatic carbocycles. The van der Waals surface area contributed by atoms with Crippen LogP contribution in [0.1, 0.15) is 25.7 Å². The van der Waals surface area contributed by atoms with Crippen molar-refractivity contribution in [2.45, 2.75) is 6.54 Å². The van der Waals surface area contributed by atoms with Crippen molar-refractivity contribution < 1.29 is 18.7 Å². The van der Waals surface area contributed by atoms with E-state index in [1.807, 2.05) is 29.2 Å². The van der Waals surface area contributed by atoms with E-state index in [0.717, 1.165) is 17.1 Å². The van der Waals surface area contributed by atoms with Crippen molar-refractivity contribution >= 4 is 34.7 Å². The number of nitrogens with one attached hydrogen (secondary N) is 1. The average molecular weight is 470 g/mol. The van der Waals surface area contributed by atoms with Gasteiger partial charge >= 0.3 is 0 Å². The molecule has 0 aliphatic carbocycles. The summed E-state index contributed by atoms with van der Waals surface area (Å²) in [5.41, 5.74) is 7.62. The van der Waals surface area contributed by atoms with Crippen molar-refractivity contribution in [1.82, 2.24) is 14.6 Å². The lowest BCUT2D eigenvalue weighted by atomic mass is 10.2. The van der Waals surface area contributed by atoms with Crippen LogP contribution in [0.2, 0.25) is 0 Å². The molecule has 1 aliphatic rings. The molecule has 1 aromatic heterocycles. The van der Waals surface area contributed by atoms with E-state index < -0.39 is 5.91 Å². The number of anilines is 2. The molecular weight excluding hydrogens is 445 g/mol. The number of para-hydroxylation sites is 1. The van der Waals surface area contributed by atoms with Gasteiger partial charge in [-0.15, -0.1) is 0 Å². The third-order valence-corrected chi connectivity index (χ3v) is 6.34. The molecule has 0 atom stereocenters. The second kappa shape index (κ2) is 9.86. The van der Waals surface area contributed by atoms with Crippen LogP contribution in [-0.2, 0) is 6.54 Å². The van der Waals surface area contributed by atoms with Crippen LogP contribution in [0, 0.1) is 5.82 Å². The van der Waals surface area contributed by atoms with E-state index in [1.165, 1.54) is 6.07 Å². The van der Waals surface area contributed by atoms with Crippen LogP contribution in [-0.4, -0.2) is 54.4 Å². The largest absolute Gasteiger partial charge is 0.497 e. The van der Waals surface area contributed by atoms with E-state index in [2.05, 4.69) is 9.69 Å². The Morgan fingerprint density at radius 3 is 2.64 bits per heavy atom. The summed E-state index contributed by atoms with van der Waals surface area (Å²) in [4.78, 5) is 29.4. The molecule has 1 saturated heterocycles. The highest BCUT2D eigenvalue weighted by Crippen LogP contribution is 2.26. The van der Waals surface area contributed by atoms with Gasteiger partial charge in [0.25, 0.3) is 11.8 Å². The molecule has 0 unspecified atom stereocenters. The van der Waals surface area contributed by atoms with Crippen LogP contribution in [0.4, 0.5) is 15.8 Å². The van der Waals surface area contributed by atoms with Crippen LogP contribution in [0.15, 0.2) is 48.5 Å². The van der Waals surface area contributed by atoms with Gasteiger partial charge in [-0.3, -0.25) is 9.59 Å². The molecule has 4 rings (SSSR count). The van der Waals surface area contributed by atoms with Gasteiger partial charge in [0.15, 0.2) is 5.69 Å². The number of aromatic nitrogens is 1. The Balaban J connectivity index is 1.37. The molecule has 3 N–H and O–H groups in total. The van der Waals surface area contributed by atoms with Gasteiger partial charge in [0.2, 0.25) is 0 Å². The number of nitrogen functional groups attached to an aromatic ring is 1. The van der Waals surface area contributed by atoms with Crippen molar-refractivity contribution in [3.05, 3.63) is 70.5 Å². The number of ether oxygens (including phenoxy) is 1. The first-order valence-corrected chi connectivity index (χ1v) is 11.2. The summed E-state index contributed by atoms with van der Waals surface area (Å²) in [5, 5.41) is 2.77. The highest BCUT2D eigenvalue weighted by atomic mass is 32.1. The fraction of sp³-hybridized carbons (Fsp3) is 0.261. The Morgan fingerprint density at radius 1 is 1.15 bits per heavy atom. The number of hydrogen-bond acceptors (Lipinski definition) is 7. The molecule has 3 aromatic rings. The standard InChI is InChI=1S/C23H24FN5O3S/c1-32-16-6-4-5-15(13-16)14-26-22(30)20-19(25)21(33-27-20)23(31)29-11-9-28(10-12-29)18-8-3-2-7-17(18)24/h2-8,13H,9-12,14,25H2,1H3,(H,26,30). The van der Waals surface area contributed by atoms with Gasteiger partial charge < -0.3 is 25.6 Å². The van der Waals surface area contributed by atoms with E-state index in [4.69, 9.17) is 10.5 Å². The van der Waals surface area contributed by atoms with Crippen molar-refractivity contribution in [2.75, 3.05) is 43.9 Å². The molecule has 2 heterocycles. The van der Waals surface area contributed by atoms with Gasteiger partial charge in [-0.25, -0.2) is 4.39 Å². The fourth-order valence-electron chi connectivity index (χ4n) is 3.67. The summed E-state index contributed by atoms with van der Waals surface area (Å²) in [5.74, 6) is -0.313. The van der Waals surface area contributed by atoms with Crippen LogP contribution in [0.25, 0.3) is 0 Å². The molecular formula is C23H24FN5O3S. The number of piperazine rings is 1. The Kier molecular flexibility index (Phi) is 6.74. The van der Waals surface area contributed by atoms with Crippen LogP contribution in [0.5, 0.6) is 5.75 Å². The molecule has 0 bridgehead atoms. The van der Waals surface area contributed by atoms with Gasteiger partial charge in [-0.1, -0.05) is 24.3 Å². The number of halogens is 1. The van der Waals surface area contributed by atoms with Crippen molar-refractivity contribution in [1.29, 1.82) is 0 Å². The lowest BCUT2D eigenvalue weighted by Crippen LogP contribution is -2.49. The maximum absolute atomic E-state index is 14.0. The molecule has 0 spiro atoms. The van der Waals surface area contributed by atoms with Gasteiger partial charge in [0.1, 0.15) is 16.4 Å². The number of nitrogens with two attached hydrogens (primary N) is 1. The quantitative estimate of drug-likeness (QED) is 0.576. The number of carbonyl (C=O) groups excluding carboxylic acids is 2. The van der Waals surface area contributed by atoms with Gasteiger partial charge in [-0.2, -0.15) is 4.37 Å². The van der Waals surface area contributed by atoms with Crippen LogP contribution in [0.3, 0.4) is 0 Å². The van der Waals surface area contributed by atoms with Gasteiger partial charge in [0, 0.05) is 32.7 Å². The van der Waals surface area contributed by atoms with E-state index >= 15 is 0 Å². The predicted octanol–water partition coefficient (Wildman–Crippen LogP) is 2.77. The summed E-state index contributed by atoms with van der Waals surface area (Å²) in [6.45, 7) is 2.11. The predicted molar refractivity (Wildman–Crippen MR) is 125 cm³/mol. The van der Waals surface area contributed by atoms with E-state index in [0.29, 0.717) is 37.6 Å². The molecule has 2 amide bonds. The first kappa shape index (κ1) is 22.5. The number of rotatable bonds is 6. The number of carbonyl (C=O) groups is 2. The molecule has 1 aliphatic heterocycles. The zero-order valence-electron chi connectivity index (χ0n) is 18.1. The summed E-state index contributed by atoms with van der Waals surface area (Å²) in [6.07, 6.45) is 0. The molecule has 10 heteroatoms. The normalized spacial score (nSPS) is 13.6. The maximum atomic E-state index is 14.0. The zero-order chi connectivity index (χ0) is 23.4. The number of methoxy groups -OCH3 is 1. The van der Waals surface area contributed by atoms with Gasteiger partial charge in [0.05, 0.1) is 18.5 Å². The monoisotopic (exact) mass is 469 g/mol. The number of hydrogen-bond donors (Lipinski definition) is 2. The first-order valence-electron chi connectivity index (χ1n) is 10.4. The Hall–Kier alpha value is -3.66. The Morgan fingerprint density at radius 2 is 1.91 bits per heavy atom.